The first kappa shape index (κ1) is 13.2. The van der Waals surface area contributed by atoms with Crippen molar-refractivity contribution in [2.75, 3.05) is 13.7 Å². The molecule has 2 aromatic rings. The largest absolute Gasteiger partial charge is 0.458 e. The molecule has 0 saturated carbocycles. The summed E-state index contributed by atoms with van der Waals surface area (Å²) in [7, 11) is 1.59. The van der Waals surface area contributed by atoms with E-state index in [4.69, 9.17) is 9.47 Å². The summed E-state index contributed by atoms with van der Waals surface area (Å²) >= 11 is 0. The summed E-state index contributed by atoms with van der Waals surface area (Å²) in [4.78, 5) is 15.7. The molecule has 2 rings (SSSR count). The second kappa shape index (κ2) is 6.66. The summed E-state index contributed by atoms with van der Waals surface area (Å²) in [6.45, 7) is 0.163. The van der Waals surface area contributed by atoms with E-state index in [1.165, 1.54) is 0 Å². The fourth-order valence-electron chi connectivity index (χ4n) is 1.68. The van der Waals surface area contributed by atoms with E-state index in [-0.39, 0.29) is 12.7 Å². The van der Waals surface area contributed by atoms with Gasteiger partial charge < -0.3 is 9.47 Å². The summed E-state index contributed by atoms with van der Waals surface area (Å²) in [5.74, 6) is -0.446. The quantitative estimate of drug-likeness (QED) is 0.772. The lowest BCUT2D eigenvalue weighted by atomic mass is 10.1. The van der Waals surface area contributed by atoms with E-state index in [9.17, 15) is 4.79 Å². The average Bonchev–Trinajstić information content (AvgIpc) is 2.49. The van der Waals surface area contributed by atoms with Crippen molar-refractivity contribution in [2.45, 2.75) is 6.10 Å². The molecular weight excluding hydrogens is 242 g/mol. The van der Waals surface area contributed by atoms with Gasteiger partial charge in [0.25, 0.3) is 0 Å². The molecule has 0 radical (unpaired) electrons. The van der Waals surface area contributed by atoms with Crippen molar-refractivity contribution in [3.05, 3.63) is 66.0 Å². The molecular formula is C15H15NO3. The minimum Gasteiger partial charge on any atom is -0.458 e. The maximum atomic E-state index is 11.8. The van der Waals surface area contributed by atoms with E-state index < -0.39 is 5.97 Å². The highest BCUT2D eigenvalue weighted by molar-refractivity contribution is 5.87. The van der Waals surface area contributed by atoms with Gasteiger partial charge >= 0.3 is 5.97 Å². The number of rotatable bonds is 5. The van der Waals surface area contributed by atoms with Crippen molar-refractivity contribution in [3.8, 4) is 0 Å². The van der Waals surface area contributed by atoms with Crippen LogP contribution in [0.2, 0.25) is 0 Å². The van der Waals surface area contributed by atoms with Gasteiger partial charge in [-0.25, -0.2) is 9.78 Å². The molecule has 4 nitrogen and oxygen atoms in total. The Labute approximate surface area is 112 Å². The standard InChI is InChI=1S/C15H15NO3/c1-18-14(12-7-3-2-4-8-12)11-19-15(17)13-9-5-6-10-16-13/h2-10,14H,11H2,1H3/t14-/m0/s1. The maximum Gasteiger partial charge on any atom is 0.357 e. The molecule has 0 saturated heterocycles. The number of methoxy groups -OCH3 is 1. The number of hydrogen-bond acceptors (Lipinski definition) is 4. The van der Waals surface area contributed by atoms with Gasteiger partial charge in [-0.1, -0.05) is 36.4 Å². The molecule has 0 aliphatic carbocycles. The fourth-order valence-corrected chi connectivity index (χ4v) is 1.68. The summed E-state index contributed by atoms with van der Waals surface area (Å²) < 4.78 is 10.5. The Morgan fingerprint density at radius 1 is 1.16 bits per heavy atom. The third kappa shape index (κ3) is 3.63. The zero-order valence-electron chi connectivity index (χ0n) is 10.7. The van der Waals surface area contributed by atoms with E-state index in [1.807, 2.05) is 30.3 Å². The first-order valence-electron chi connectivity index (χ1n) is 5.97. The van der Waals surface area contributed by atoms with Crippen LogP contribution in [0.5, 0.6) is 0 Å². The van der Waals surface area contributed by atoms with E-state index in [0.717, 1.165) is 5.56 Å². The van der Waals surface area contributed by atoms with Gasteiger partial charge in [-0.2, -0.15) is 0 Å². The summed E-state index contributed by atoms with van der Waals surface area (Å²) in [5, 5.41) is 0. The van der Waals surface area contributed by atoms with Gasteiger partial charge in [0.2, 0.25) is 0 Å². The molecule has 1 aromatic heterocycles. The number of aromatic nitrogens is 1. The van der Waals surface area contributed by atoms with E-state index >= 15 is 0 Å². The molecule has 0 N–H and O–H groups in total. The van der Waals surface area contributed by atoms with E-state index in [2.05, 4.69) is 4.98 Å². The molecule has 1 heterocycles. The molecule has 1 aromatic carbocycles. The summed E-state index contributed by atoms with van der Waals surface area (Å²) in [6, 6.07) is 14.7. The smallest absolute Gasteiger partial charge is 0.357 e. The van der Waals surface area contributed by atoms with Gasteiger partial charge in [-0.05, 0) is 17.7 Å². The number of carbonyl (C=O) groups is 1. The van der Waals surface area contributed by atoms with Crippen LogP contribution < -0.4 is 0 Å². The van der Waals surface area contributed by atoms with Crippen LogP contribution in [0.15, 0.2) is 54.7 Å². The van der Waals surface area contributed by atoms with Gasteiger partial charge in [0.1, 0.15) is 18.4 Å². The third-order valence-electron chi connectivity index (χ3n) is 2.70. The van der Waals surface area contributed by atoms with Crippen LogP contribution in [0.3, 0.4) is 0 Å². The number of esters is 1. The van der Waals surface area contributed by atoms with Crippen molar-refractivity contribution in [2.24, 2.45) is 0 Å². The monoisotopic (exact) mass is 257 g/mol. The molecule has 0 aliphatic rings. The number of hydrogen-bond donors (Lipinski definition) is 0. The Morgan fingerprint density at radius 2 is 1.89 bits per heavy atom. The number of carbonyl (C=O) groups excluding carboxylic acids is 1. The topological polar surface area (TPSA) is 48.4 Å². The van der Waals surface area contributed by atoms with Crippen molar-refractivity contribution in [1.29, 1.82) is 0 Å². The van der Waals surface area contributed by atoms with Crippen molar-refractivity contribution in [1.82, 2.24) is 4.98 Å². The first-order chi connectivity index (χ1) is 9.31. The van der Waals surface area contributed by atoms with Crippen LogP contribution >= 0.6 is 0 Å². The van der Waals surface area contributed by atoms with Gasteiger partial charge in [0, 0.05) is 13.3 Å². The fraction of sp³-hybridized carbons (Fsp3) is 0.200. The van der Waals surface area contributed by atoms with Crippen LogP contribution in [0, 0.1) is 0 Å². The SMILES string of the molecule is CO[C@@H](COC(=O)c1ccccn1)c1ccccc1. The molecule has 98 valence electrons. The molecule has 0 amide bonds. The number of pyridine rings is 1. The Kier molecular flexibility index (Phi) is 4.64. The highest BCUT2D eigenvalue weighted by atomic mass is 16.6. The molecule has 0 aliphatic heterocycles. The average molecular weight is 257 g/mol. The molecule has 0 fully saturated rings. The molecule has 0 bridgehead atoms. The lowest BCUT2D eigenvalue weighted by molar-refractivity contribution is 0.00962. The molecule has 1 atom stereocenters. The number of nitrogens with zero attached hydrogens (tertiary/aromatic N) is 1. The lowest BCUT2D eigenvalue weighted by Crippen LogP contribution is -2.15. The minimum atomic E-state index is -0.446. The zero-order valence-corrected chi connectivity index (χ0v) is 10.7. The van der Waals surface area contributed by atoms with Crippen LogP contribution in [-0.4, -0.2) is 24.7 Å². The Morgan fingerprint density at radius 3 is 2.53 bits per heavy atom. The van der Waals surface area contributed by atoms with Gasteiger partial charge in [0.15, 0.2) is 0 Å². The number of benzene rings is 1. The maximum absolute atomic E-state index is 11.8. The number of ether oxygens (including phenoxy) is 2. The zero-order chi connectivity index (χ0) is 13.5. The predicted molar refractivity (Wildman–Crippen MR) is 70.7 cm³/mol. The molecule has 19 heavy (non-hydrogen) atoms. The molecule has 0 unspecified atom stereocenters. The molecule has 4 heteroatoms. The lowest BCUT2D eigenvalue weighted by Gasteiger charge is -2.15. The first-order valence-corrected chi connectivity index (χ1v) is 5.97. The van der Waals surface area contributed by atoms with Crippen LogP contribution in [0.4, 0.5) is 0 Å². The van der Waals surface area contributed by atoms with Crippen molar-refractivity contribution < 1.29 is 14.3 Å². The highest BCUT2D eigenvalue weighted by Gasteiger charge is 2.14. The van der Waals surface area contributed by atoms with Crippen molar-refractivity contribution >= 4 is 5.97 Å². The van der Waals surface area contributed by atoms with Gasteiger partial charge in [-0.3, -0.25) is 0 Å². The predicted octanol–water partition coefficient (Wildman–Crippen LogP) is 2.63. The van der Waals surface area contributed by atoms with Gasteiger partial charge in [-0.15, -0.1) is 0 Å². The van der Waals surface area contributed by atoms with Gasteiger partial charge in [0.05, 0.1) is 0 Å². The second-order valence-electron chi connectivity index (χ2n) is 3.95. The Bertz CT molecular complexity index is 513. The van der Waals surface area contributed by atoms with E-state index in [1.54, 1.807) is 31.5 Å². The Hall–Kier alpha value is -2.20. The van der Waals surface area contributed by atoms with Crippen molar-refractivity contribution in [3.63, 3.8) is 0 Å². The summed E-state index contributed by atoms with van der Waals surface area (Å²) in [5.41, 5.74) is 1.27. The molecule has 0 spiro atoms. The minimum absolute atomic E-state index is 0.163. The van der Waals surface area contributed by atoms with E-state index in [0.29, 0.717) is 5.69 Å². The van der Waals surface area contributed by atoms with Crippen LogP contribution in [-0.2, 0) is 9.47 Å². The second-order valence-corrected chi connectivity index (χ2v) is 3.95. The Balaban J connectivity index is 1.96. The van der Waals surface area contributed by atoms with Crippen LogP contribution in [0.1, 0.15) is 22.2 Å². The normalized spacial score (nSPS) is 11.8. The highest BCUT2D eigenvalue weighted by Crippen LogP contribution is 2.16. The third-order valence-corrected chi connectivity index (χ3v) is 2.70. The van der Waals surface area contributed by atoms with Crippen LogP contribution in [0.25, 0.3) is 0 Å². The summed E-state index contributed by atoms with van der Waals surface area (Å²) in [6.07, 6.45) is 1.29.